The van der Waals surface area contributed by atoms with Crippen molar-refractivity contribution in [2.24, 2.45) is 4.99 Å². The van der Waals surface area contributed by atoms with Gasteiger partial charge in [-0.15, -0.1) is 0 Å². The summed E-state index contributed by atoms with van der Waals surface area (Å²) < 4.78 is 5.94. The van der Waals surface area contributed by atoms with Crippen LogP contribution in [0, 0.1) is 24.0 Å². The largest absolute Gasteiger partial charge is 0.502 e. The van der Waals surface area contributed by atoms with Crippen molar-refractivity contribution in [2.45, 2.75) is 13.8 Å². The summed E-state index contributed by atoms with van der Waals surface area (Å²) in [5.74, 6) is -0.0221. The Labute approximate surface area is 176 Å². The van der Waals surface area contributed by atoms with Crippen molar-refractivity contribution in [1.82, 2.24) is 4.98 Å². The van der Waals surface area contributed by atoms with Crippen LogP contribution in [0.25, 0.3) is 22.6 Å². The lowest BCUT2D eigenvalue weighted by Crippen LogP contribution is -1.92. The van der Waals surface area contributed by atoms with Crippen LogP contribution >= 0.6 is 11.6 Å². The molecule has 0 aliphatic heterocycles. The topological polar surface area (TPSA) is 102 Å². The van der Waals surface area contributed by atoms with Crippen molar-refractivity contribution >= 4 is 40.3 Å². The minimum absolute atomic E-state index is 0.131. The molecule has 0 amide bonds. The molecular formula is C22H16ClN3O4. The fourth-order valence-corrected chi connectivity index (χ4v) is 3.43. The van der Waals surface area contributed by atoms with Gasteiger partial charge in [0, 0.05) is 28.4 Å². The van der Waals surface area contributed by atoms with Gasteiger partial charge in [0.15, 0.2) is 5.58 Å². The highest BCUT2D eigenvalue weighted by Crippen LogP contribution is 2.33. The highest BCUT2D eigenvalue weighted by molar-refractivity contribution is 6.31. The molecule has 0 aliphatic carbocycles. The highest BCUT2D eigenvalue weighted by Gasteiger charge is 2.18. The van der Waals surface area contributed by atoms with Gasteiger partial charge in [0.25, 0.3) is 0 Å². The summed E-state index contributed by atoms with van der Waals surface area (Å²) in [6, 6.07) is 13.7. The van der Waals surface area contributed by atoms with Crippen molar-refractivity contribution in [3.05, 3.63) is 80.4 Å². The summed E-state index contributed by atoms with van der Waals surface area (Å²) in [7, 11) is 0. The maximum Gasteiger partial charge on any atom is 0.312 e. The smallest absolute Gasteiger partial charge is 0.312 e. The molecule has 30 heavy (non-hydrogen) atoms. The number of phenols is 1. The number of oxazole rings is 1. The molecule has 150 valence electrons. The Balaban J connectivity index is 1.70. The number of aromatic hydroxyl groups is 1. The van der Waals surface area contributed by atoms with Crippen molar-refractivity contribution in [1.29, 1.82) is 0 Å². The number of aromatic nitrogens is 1. The van der Waals surface area contributed by atoms with Gasteiger partial charge in [-0.25, -0.2) is 4.98 Å². The van der Waals surface area contributed by atoms with Crippen LogP contribution in [0.5, 0.6) is 5.75 Å². The first kappa shape index (κ1) is 19.6. The number of benzene rings is 3. The minimum Gasteiger partial charge on any atom is -0.502 e. The molecule has 0 atom stereocenters. The number of rotatable bonds is 4. The van der Waals surface area contributed by atoms with Gasteiger partial charge in [0.05, 0.1) is 10.6 Å². The van der Waals surface area contributed by atoms with Crippen molar-refractivity contribution in [2.75, 3.05) is 0 Å². The van der Waals surface area contributed by atoms with Crippen LogP contribution in [0.1, 0.15) is 16.7 Å². The molecule has 0 spiro atoms. The van der Waals surface area contributed by atoms with E-state index in [0.29, 0.717) is 11.6 Å². The van der Waals surface area contributed by atoms with Crippen LogP contribution in [-0.4, -0.2) is 21.2 Å². The number of nitro benzene ring substituents is 1. The van der Waals surface area contributed by atoms with Gasteiger partial charge in [0.1, 0.15) is 5.52 Å². The molecule has 1 heterocycles. The van der Waals surface area contributed by atoms with Crippen LogP contribution in [0.15, 0.2) is 57.9 Å². The molecule has 0 saturated heterocycles. The lowest BCUT2D eigenvalue weighted by Gasteiger charge is -2.02. The second kappa shape index (κ2) is 7.61. The predicted octanol–water partition coefficient (Wildman–Crippen LogP) is 6.13. The molecule has 1 N–H and O–H groups in total. The molecule has 0 fully saturated rings. The highest BCUT2D eigenvalue weighted by atomic mass is 35.5. The fourth-order valence-electron chi connectivity index (χ4n) is 3.21. The maximum absolute atomic E-state index is 11.0. The lowest BCUT2D eigenvalue weighted by molar-refractivity contribution is -0.385. The third kappa shape index (κ3) is 3.75. The molecule has 3 aromatic carbocycles. The number of aryl methyl sites for hydroxylation is 2. The average Bonchev–Trinajstić information content (AvgIpc) is 3.13. The molecule has 0 saturated carbocycles. The second-order valence-electron chi connectivity index (χ2n) is 6.88. The molecule has 0 radical (unpaired) electrons. The van der Waals surface area contributed by atoms with E-state index in [9.17, 15) is 15.2 Å². The first-order valence-electron chi connectivity index (χ1n) is 9.01. The van der Waals surface area contributed by atoms with Crippen LogP contribution in [0.2, 0.25) is 5.02 Å². The molecule has 0 aliphatic rings. The molecule has 1 aromatic heterocycles. The summed E-state index contributed by atoms with van der Waals surface area (Å²) in [5.41, 5.74) is 4.60. The number of nitrogens with zero attached hydrogens (tertiary/aromatic N) is 3. The van der Waals surface area contributed by atoms with E-state index in [4.69, 9.17) is 16.0 Å². The number of nitro groups is 1. The van der Waals surface area contributed by atoms with E-state index in [1.54, 1.807) is 18.2 Å². The van der Waals surface area contributed by atoms with E-state index in [-0.39, 0.29) is 10.6 Å². The van der Waals surface area contributed by atoms with Crippen LogP contribution < -0.4 is 0 Å². The van der Waals surface area contributed by atoms with Gasteiger partial charge in [-0.1, -0.05) is 23.7 Å². The Bertz CT molecular complexity index is 1330. The van der Waals surface area contributed by atoms with Gasteiger partial charge in [-0.2, -0.15) is 0 Å². The van der Waals surface area contributed by atoms with E-state index in [1.807, 2.05) is 32.0 Å². The zero-order valence-corrected chi connectivity index (χ0v) is 16.8. The Hall–Kier alpha value is -3.71. The zero-order chi connectivity index (χ0) is 21.4. The van der Waals surface area contributed by atoms with Gasteiger partial charge in [-0.3, -0.25) is 15.1 Å². The summed E-state index contributed by atoms with van der Waals surface area (Å²) in [5, 5.41) is 21.3. The van der Waals surface area contributed by atoms with E-state index in [2.05, 4.69) is 9.98 Å². The van der Waals surface area contributed by atoms with Crippen molar-refractivity contribution < 1.29 is 14.4 Å². The molecular weight excluding hydrogens is 406 g/mol. The summed E-state index contributed by atoms with van der Waals surface area (Å²) in [4.78, 5) is 19.2. The molecule has 4 rings (SSSR count). The Morgan fingerprint density at radius 2 is 2.00 bits per heavy atom. The normalized spacial score (nSPS) is 11.4. The lowest BCUT2D eigenvalue weighted by atomic mass is 10.1. The summed E-state index contributed by atoms with van der Waals surface area (Å²) in [6.45, 7) is 3.98. The quantitative estimate of drug-likeness (QED) is 0.242. The monoisotopic (exact) mass is 421 g/mol. The Kier molecular flexibility index (Phi) is 4.97. The second-order valence-corrected chi connectivity index (χ2v) is 7.31. The van der Waals surface area contributed by atoms with Crippen molar-refractivity contribution in [3.8, 4) is 17.2 Å². The molecule has 4 aromatic rings. The van der Waals surface area contributed by atoms with Crippen LogP contribution in [0.3, 0.4) is 0 Å². The summed E-state index contributed by atoms with van der Waals surface area (Å²) >= 11 is 5.92. The van der Waals surface area contributed by atoms with Gasteiger partial charge in [0.2, 0.25) is 11.6 Å². The van der Waals surface area contributed by atoms with Gasteiger partial charge >= 0.3 is 5.69 Å². The van der Waals surface area contributed by atoms with Crippen LogP contribution in [0.4, 0.5) is 11.4 Å². The number of aliphatic imine (C=N–C) groups is 1. The predicted molar refractivity (Wildman–Crippen MR) is 116 cm³/mol. The van der Waals surface area contributed by atoms with Gasteiger partial charge < -0.3 is 9.52 Å². The fraction of sp³-hybridized carbons (Fsp3) is 0.0909. The number of hydrogen-bond donors (Lipinski definition) is 1. The first-order chi connectivity index (χ1) is 14.3. The average molecular weight is 422 g/mol. The van der Waals surface area contributed by atoms with E-state index in [1.165, 1.54) is 12.3 Å². The van der Waals surface area contributed by atoms with E-state index < -0.39 is 16.4 Å². The summed E-state index contributed by atoms with van der Waals surface area (Å²) in [6.07, 6.45) is 1.33. The van der Waals surface area contributed by atoms with Gasteiger partial charge in [-0.05, 0) is 55.3 Å². The van der Waals surface area contributed by atoms with Crippen molar-refractivity contribution in [3.63, 3.8) is 0 Å². The Morgan fingerprint density at radius 1 is 1.20 bits per heavy atom. The zero-order valence-electron chi connectivity index (χ0n) is 16.1. The van der Waals surface area contributed by atoms with Crippen LogP contribution in [-0.2, 0) is 0 Å². The molecule has 8 heteroatoms. The third-order valence-electron chi connectivity index (χ3n) is 4.55. The van der Waals surface area contributed by atoms with E-state index in [0.717, 1.165) is 33.9 Å². The molecule has 0 bridgehead atoms. The number of fused-ring (bicyclic) bond motifs is 1. The van der Waals surface area contributed by atoms with E-state index >= 15 is 0 Å². The maximum atomic E-state index is 11.0. The standard InChI is InChI=1S/C22H16ClN3O4/c1-12-6-13(2)21-18(7-12)25-22(30-21)14-4-3-5-17(9-14)24-11-15-8-16(23)10-19(20(15)27)26(28)29/h3-11,27H,1-2H3. The number of halogens is 1. The minimum atomic E-state index is -0.698. The molecule has 7 nitrogen and oxygen atoms in total. The third-order valence-corrected chi connectivity index (χ3v) is 4.76. The number of hydrogen-bond acceptors (Lipinski definition) is 6. The molecule has 0 unspecified atom stereocenters. The Morgan fingerprint density at radius 3 is 2.77 bits per heavy atom. The number of phenolic OH excluding ortho intramolecular Hbond substituents is 1. The first-order valence-corrected chi connectivity index (χ1v) is 9.39. The SMILES string of the molecule is Cc1cc(C)c2oc(-c3cccc(N=Cc4cc(Cl)cc([N+](=O)[O-])c4O)c3)nc2c1.